The minimum atomic E-state index is 0.302. The van der Waals surface area contributed by atoms with E-state index < -0.39 is 0 Å². The fraction of sp³-hybridized carbons (Fsp3) is 0.720. The summed E-state index contributed by atoms with van der Waals surface area (Å²) >= 11 is 0. The van der Waals surface area contributed by atoms with Crippen LogP contribution in [-0.4, -0.2) is 30.0 Å². The van der Waals surface area contributed by atoms with Gasteiger partial charge in [-0.3, -0.25) is 4.79 Å². The number of ether oxygens (including phenoxy) is 1. The molecule has 3 saturated carbocycles. The number of carbonyl (C=O) groups excluding carboxylic acids is 1. The van der Waals surface area contributed by atoms with Crippen molar-refractivity contribution in [3.05, 3.63) is 30.3 Å². The topological polar surface area (TPSA) is 29.5 Å². The number of likely N-dealkylation sites (tertiary alicyclic amines) is 1. The highest BCUT2D eigenvalue weighted by molar-refractivity contribution is 5.77. The van der Waals surface area contributed by atoms with Crippen LogP contribution in [0.4, 0.5) is 0 Å². The molecule has 7 atom stereocenters. The average Bonchev–Trinajstić information content (AvgIpc) is 3.02. The Labute approximate surface area is 169 Å². The second-order valence-electron chi connectivity index (χ2n) is 10.5. The Hall–Kier alpha value is -1.51. The fourth-order valence-electron chi connectivity index (χ4n) is 7.96. The zero-order chi connectivity index (χ0) is 19.5. The molecule has 1 heterocycles. The first-order valence-electron chi connectivity index (χ1n) is 11.4. The van der Waals surface area contributed by atoms with E-state index in [1.54, 1.807) is 0 Å². The Bertz CT molecular complexity index is 748. The van der Waals surface area contributed by atoms with Gasteiger partial charge in [-0.2, -0.15) is 0 Å². The quantitative estimate of drug-likeness (QED) is 0.696. The summed E-state index contributed by atoms with van der Waals surface area (Å²) in [6.45, 7) is 5.02. The van der Waals surface area contributed by atoms with Crippen molar-refractivity contribution >= 4 is 5.91 Å². The standard InChI is InChI=1S/C25H35NO2/c1-24-16-14-23(27)26(3)21(24)11-9-18-19-10-12-22(25(19,2)15-13-20(18)24)28-17-7-5-4-6-8-17/h4-8,18-22H,9-16H2,1-3H3/t18-,19-,20-,21+,22-,24+,25-/m0/s1. The zero-order valence-corrected chi connectivity index (χ0v) is 17.7. The maximum atomic E-state index is 12.3. The molecule has 1 aliphatic heterocycles. The van der Waals surface area contributed by atoms with Gasteiger partial charge in [0, 0.05) is 24.9 Å². The Morgan fingerprint density at radius 3 is 2.46 bits per heavy atom. The lowest BCUT2D eigenvalue weighted by Crippen LogP contribution is -2.61. The minimum absolute atomic E-state index is 0.302. The Morgan fingerprint density at radius 1 is 0.929 bits per heavy atom. The molecule has 0 bridgehead atoms. The van der Waals surface area contributed by atoms with E-state index in [0.29, 0.717) is 28.9 Å². The molecule has 0 radical (unpaired) electrons. The van der Waals surface area contributed by atoms with Crippen molar-refractivity contribution in [1.82, 2.24) is 4.90 Å². The summed E-state index contributed by atoms with van der Waals surface area (Å²) in [6, 6.07) is 10.9. The third-order valence-electron chi connectivity index (χ3n) is 9.49. The molecule has 0 spiro atoms. The summed E-state index contributed by atoms with van der Waals surface area (Å²) in [7, 11) is 2.05. The first-order chi connectivity index (χ1) is 13.4. The molecule has 3 aliphatic carbocycles. The molecular weight excluding hydrogens is 346 g/mol. The van der Waals surface area contributed by atoms with Crippen LogP contribution in [0.2, 0.25) is 0 Å². The maximum absolute atomic E-state index is 12.3. The van der Waals surface area contributed by atoms with Gasteiger partial charge in [-0.25, -0.2) is 0 Å². The van der Waals surface area contributed by atoms with Gasteiger partial charge >= 0.3 is 0 Å². The molecule has 0 unspecified atom stereocenters. The molecule has 4 fully saturated rings. The van der Waals surface area contributed by atoms with Gasteiger partial charge in [0.25, 0.3) is 0 Å². The lowest BCUT2D eigenvalue weighted by molar-refractivity contribution is -0.159. The first-order valence-corrected chi connectivity index (χ1v) is 11.4. The molecule has 1 amide bonds. The van der Waals surface area contributed by atoms with E-state index in [2.05, 4.69) is 56.1 Å². The summed E-state index contributed by atoms with van der Waals surface area (Å²) in [4.78, 5) is 14.4. The summed E-state index contributed by atoms with van der Waals surface area (Å²) in [5, 5.41) is 0. The number of piperidine rings is 1. The number of hydrogen-bond acceptors (Lipinski definition) is 2. The highest BCUT2D eigenvalue weighted by Crippen LogP contribution is 2.65. The van der Waals surface area contributed by atoms with Gasteiger partial charge in [-0.1, -0.05) is 32.0 Å². The van der Waals surface area contributed by atoms with Crippen LogP contribution in [0.5, 0.6) is 5.75 Å². The number of benzene rings is 1. The molecule has 0 N–H and O–H groups in total. The van der Waals surface area contributed by atoms with Crippen LogP contribution in [0, 0.1) is 28.6 Å². The summed E-state index contributed by atoms with van der Waals surface area (Å²) in [6.07, 6.45) is 9.75. The molecule has 3 nitrogen and oxygen atoms in total. The van der Waals surface area contributed by atoms with Gasteiger partial charge in [0.05, 0.1) is 0 Å². The second kappa shape index (κ2) is 6.50. The maximum Gasteiger partial charge on any atom is 0.222 e. The Morgan fingerprint density at radius 2 is 1.68 bits per heavy atom. The number of fused-ring (bicyclic) bond motifs is 5. The van der Waals surface area contributed by atoms with Crippen molar-refractivity contribution in [2.45, 2.75) is 77.4 Å². The van der Waals surface area contributed by atoms with Crippen LogP contribution in [-0.2, 0) is 4.79 Å². The number of nitrogens with zero attached hydrogens (tertiary/aromatic N) is 1. The van der Waals surface area contributed by atoms with Gasteiger partial charge in [0.2, 0.25) is 5.91 Å². The molecule has 152 valence electrons. The normalized spacial score (nSPS) is 45.2. The van der Waals surface area contributed by atoms with Crippen molar-refractivity contribution < 1.29 is 9.53 Å². The van der Waals surface area contributed by atoms with Crippen LogP contribution in [0.15, 0.2) is 30.3 Å². The van der Waals surface area contributed by atoms with E-state index in [4.69, 9.17) is 4.74 Å². The number of carbonyl (C=O) groups is 1. The van der Waals surface area contributed by atoms with E-state index in [9.17, 15) is 4.79 Å². The van der Waals surface area contributed by atoms with Crippen LogP contribution in [0.3, 0.4) is 0 Å². The Kier molecular flexibility index (Phi) is 4.30. The SMILES string of the molecule is CN1C(=O)CC[C@]2(C)[C@H]3CC[C@]4(C)[C@@H](Oc5ccccc5)CC[C@H]4[C@@H]3CC[C@@H]12. The molecule has 1 aromatic carbocycles. The van der Waals surface area contributed by atoms with Crippen LogP contribution in [0.1, 0.15) is 65.2 Å². The number of rotatable bonds is 2. The molecule has 1 aromatic rings. The summed E-state index contributed by atoms with van der Waals surface area (Å²) in [5.41, 5.74) is 0.613. The zero-order valence-electron chi connectivity index (χ0n) is 17.7. The van der Waals surface area contributed by atoms with Gasteiger partial charge in [-0.15, -0.1) is 0 Å². The minimum Gasteiger partial charge on any atom is -0.490 e. The number of amides is 1. The van der Waals surface area contributed by atoms with E-state index in [1.807, 2.05) is 0 Å². The van der Waals surface area contributed by atoms with Gasteiger partial charge in [0.1, 0.15) is 11.9 Å². The van der Waals surface area contributed by atoms with Crippen LogP contribution < -0.4 is 4.74 Å². The third-order valence-corrected chi connectivity index (χ3v) is 9.49. The second-order valence-corrected chi connectivity index (χ2v) is 10.5. The summed E-state index contributed by atoms with van der Waals surface area (Å²) < 4.78 is 6.54. The molecule has 1 saturated heterocycles. The van der Waals surface area contributed by atoms with Crippen molar-refractivity contribution in [3.8, 4) is 5.75 Å². The van der Waals surface area contributed by atoms with E-state index >= 15 is 0 Å². The molecule has 28 heavy (non-hydrogen) atoms. The third kappa shape index (κ3) is 2.57. The summed E-state index contributed by atoms with van der Waals surface area (Å²) in [5.74, 6) is 3.75. The first kappa shape index (κ1) is 18.5. The fourth-order valence-corrected chi connectivity index (χ4v) is 7.96. The molecule has 5 rings (SSSR count). The van der Waals surface area contributed by atoms with E-state index in [-0.39, 0.29) is 0 Å². The van der Waals surface area contributed by atoms with Crippen molar-refractivity contribution in [2.75, 3.05) is 7.05 Å². The lowest BCUT2D eigenvalue weighted by Gasteiger charge is -2.61. The van der Waals surface area contributed by atoms with E-state index in [1.165, 1.54) is 38.5 Å². The highest BCUT2D eigenvalue weighted by Gasteiger charge is 2.61. The highest BCUT2D eigenvalue weighted by atomic mass is 16.5. The van der Waals surface area contributed by atoms with Crippen molar-refractivity contribution in [1.29, 1.82) is 0 Å². The van der Waals surface area contributed by atoms with E-state index in [0.717, 1.165) is 36.3 Å². The smallest absolute Gasteiger partial charge is 0.222 e. The van der Waals surface area contributed by atoms with Gasteiger partial charge in [0.15, 0.2) is 0 Å². The van der Waals surface area contributed by atoms with Gasteiger partial charge < -0.3 is 9.64 Å². The number of para-hydroxylation sites is 1. The molecular formula is C25H35NO2. The van der Waals surface area contributed by atoms with Gasteiger partial charge in [-0.05, 0) is 80.2 Å². The van der Waals surface area contributed by atoms with Crippen LogP contribution in [0.25, 0.3) is 0 Å². The number of hydrogen-bond donors (Lipinski definition) is 0. The Balaban J connectivity index is 1.39. The van der Waals surface area contributed by atoms with Crippen LogP contribution >= 0.6 is 0 Å². The molecule has 4 aliphatic rings. The predicted octanol–water partition coefficient (Wildman–Crippen LogP) is 5.30. The molecule has 0 aromatic heterocycles. The largest absolute Gasteiger partial charge is 0.490 e. The lowest BCUT2D eigenvalue weighted by atomic mass is 9.47. The monoisotopic (exact) mass is 381 g/mol. The predicted molar refractivity (Wildman–Crippen MR) is 111 cm³/mol. The average molecular weight is 382 g/mol. The molecule has 3 heteroatoms. The van der Waals surface area contributed by atoms with Crippen molar-refractivity contribution in [3.63, 3.8) is 0 Å². The van der Waals surface area contributed by atoms with Crippen molar-refractivity contribution in [2.24, 2.45) is 28.6 Å².